The van der Waals surface area contributed by atoms with Crippen LogP contribution in [-0.2, 0) is 0 Å². The molecule has 0 radical (unpaired) electrons. The fourth-order valence-corrected chi connectivity index (χ4v) is 3.00. The van der Waals surface area contributed by atoms with Crippen molar-refractivity contribution >= 4 is 11.8 Å². The van der Waals surface area contributed by atoms with Crippen LogP contribution in [0.25, 0.3) is 0 Å². The van der Waals surface area contributed by atoms with E-state index in [1.165, 1.54) is 37.4 Å². The highest BCUT2D eigenvalue weighted by atomic mass is 32.2. The molecule has 0 aromatic rings. The van der Waals surface area contributed by atoms with Crippen molar-refractivity contribution in [2.45, 2.75) is 39.2 Å². The van der Waals surface area contributed by atoms with Gasteiger partial charge >= 0.3 is 0 Å². The van der Waals surface area contributed by atoms with E-state index in [1.807, 2.05) is 0 Å². The highest BCUT2D eigenvalue weighted by Crippen LogP contribution is 2.25. The maximum atomic E-state index is 5.98. The second kappa shape index (κ2) is 6.12. The average Bonchev–Trinajstić information content (AvgIpc) is 2.27. The summed E-state index contributed by atoms with van der Waals surface area (Å²) in [6, 6.07) is 0. The zero-order valence-electron chi connectivity index (χ0n) is 10.5. The van der Waals surface area contributed by atoms with Crippen molar-refractivity contribution in [3.63, 3.8) is 0 Å². The minimum absolute atomic E-state index is 0.241. The summed E-state index contributed by atoms with van der Waals surface area (Å²) >= 11 is 2.07. The molecular formula is C12H26N2S. The Hall–Kier alpha value is 0.270. The van der Waals surface area contributed by atoms with Crippen LogP contribution >= 0.6 is 11.8 Å². The number of hydrogen-bond donors (Lipinski definition) is 1. The molecule has 1 rings (SSSR count). The van der Waals surface area contributed by atoms with Crippen molar-refractivity contribution in [2.75, 3.05) is 31.1 Å². The number of hydrogen-bond acceptors (Lipinski definition) is 3. The Morgan fingerprint density at radius 1 is 1.33 bits per heavy atom. The van der Waals surface area contributed by atoms with Gasteiger partial charge in [-0.05, 0) is 25.7 Å². The van der Waals surface area contributed by atoms with Crippen LogP contribution in [-0.4, -0.2) is 41.6 Å². The van der Waals surface area contributed by atoms with Crippen LogP contribution in [0.4, 0.5) is 0 Å². The van der Waals surface area contributed by atoms with E-state index in [0.717, 1.165) is 12.5 Å². The molecule has 0 bridgehead atoms. The highest BCUT2D eigenvalue weighted by Gasteiger charge is 2.31. The van der Waals surface area contributed by atoms with Gasteiger partial charge in [-0.15, -0.1) is 0 Å². The Balaban J connectivity index is 2.49. The summed E-state index contributed by atoms with van der Waals surface area (Å²) in [5.74, 6) is 3.34. The average molecular weight is 230 g/mol. The third kappa shape index (κ3) is 3.97. The SMILES string of the molecule is CC(C)CCC(C)(CN)N1CCSCC1. The van der Waals surface area contributed by atoms with E-state index >= 15 is 0 Å². The first-order valence-electron chi connectivity index (χ1n) is 6.11. The highest BCUT2D eigenvalue weighted by molar-refractivity contribution is 7.99. The summed E-state index contributed by atoms with van der Waals surface area (Å²) < 4.78 is 0. The first-order chi connectivity index (χ1) is 7.08. The molecule has 0 amide bonds. The number of nitrogens with two attached hydrogens (primary N) is 1. The molecule has 0 saturated carbocycles. The van der Waals surface area contributed by atoms with E-state index in [-0.39, 0.29) is 5.54 Å². The van der Waals surface area contributed by atoms with E-state index in [4.69, 9.17) is 5.73 Å². The lowest BCUT2D eigenvalue weighted by molar-refractivity contribution is 0.108. The van der Waals surface area contributed by atoms with E-state index in [0.29, 0.717) is 0 Å². The van der Waals surface area contributed by atoms with Gasteiger partial charge in [0.25, 0.3) is 0 Å². The second-order valence-electron chi connectivity index (χ2n) is 5.23. The molecule has 1 fully saturated rings. The van der Waals surface area contributed by atoms with E-state index < -0.39 is 0 Å². The largest absolute Gasteiger partial charge is 0.329 e. The minimum atomic E-state index is 0.241. The Morgan fingerprint density at radius 3 is 2.40 bits per heavy atom. The number of thioether (sulfide) groups is 1. The Kier molecular flexibility index (Phi) is 5.44. The maximum absolute atomic E-state index is 5.98. The molecule has 2 N–H and O–H groups in total. The molecule has 1 saturated heterocycles. The molecule has 3 heteroatoms. The topological polar surface area (TPSA) is 29.3 Å². The standard InChI is InChI=1S/C12H26N2S/c1-11(2)4-5-12(3,10-13)14-6-8-15-9-7-14/h11H,4-10,13H2,1-3H3. The first kappa shape index (κ1) is 13.3. The third-order valence-electron chi connectivity index (χ3n) is 3.47. The molecule has 1 aliphatic heterocycles. The van der Waals surface area contributed by atoms with Crippen LogP contribution in [0.5, 0.6) is 0 Å². The summed E-state index contributed by atoms with van der Waals surface area (Å²) in [6.07, 6.45) is 2.53. The van der Waals surface area contributed by atoms with Crippen molar-refractivity contribution in [1.82, 2.24) is 4.90 Å². The van der Waals surface area contributed by atoms with Gasteiger partial charge in [-0.25, -0.2) is 0 Å². The van der Waals surface area contributed by atoms with Gasteiger partial charge in [-0.3, -0.25) is 4.90 Å². The van der Waals surface area contributed by atoms with Crippen molar-refractivity contribution in [2.24, 2.45) is 11.7 Å². The predicted molar refractivity (Wildman–Crippen MR) is 70.4 cm³/mol. The van der Waals surface area contributed by atoms with Gasteiger partial charge in [0, 0.05) is 36.7 Å². The lowest BCUT2D eigenvalue weighted by atomic mass is 9.90. The molecule has 1 atom stereocenters. The van der Waals surface area contributed by atoms with Crippen LogP contribution in [0.15, 0.2) is 0 Å². The fraction of sp³-hybridized carbons (Fsp3) is 1.00. The van der Waals surface area contributed by atoms with Gasteiger partial charge in [0.05, 0.1) is 0 Å². The third-order valence-corrected chi connectivity index (χ3v) is 4.42. The maximum Gasteiger partial charge on any atom is 0.0304 e. The smallest absolute Gasteiger partial charge is 0.0304 e. The molecule has 0 aromatic carbocycles. The molecule has 15 heavy (non-hydrogen) atoms. The lowest BCUT2D eigenvalue weighted by Gasteiger charge is -2.43. The van der Waals surface area contributed by atoms with E-state index in [2.05, 4.69) is 37.4 Å². The molecule has 1 unspecified atom stereocenters. The van der Waals surface area contributed by atoms with Crippen molar-refractivity contribution in [3.8, 4) is 0 Å². The van der Waals surface area contributed by atoms with Gasteiger partial charge < -0.3 is 5.73 Å². The van der Waals surface area contributed by atoms with E-state index in [9.17, 15) is 0 Å². The monoisotopic (exact) mass is 230 g/mol. The number of rotatable bonds is 5. The second-order valence-corrected chi connectivity index (χ2v) is 6.46. The van der Waals surface area contributed by atoms with Crippen LogP contribution in [0.2, 0.25) is 0 Å². The zero-order valence-corrected chi connectivity index (χ0v) is 11.3. The summed E-state index contributed by atoms with van der Waals surface area (Å²) in [7, 11) is 0. The van der Waals surface area contributed by atoms with Gasteiger partial charge in [0.15, 0.2) is 0 Å². The van der Waals surface area contributed by atoms with E-state index in [1.54, 1.807) is 0 Å². The lowest BCUT2D eigenvalue weighted by Crippen LogP contribution is -2.54. The zero-order chi connectivity index (χ0) is 11.3. The molecule has 1 heterocycles. The summed E-state index contributed by atoms with van der Waals surface area (Å²) in [6.45, 7) is 10.2. The van der Waals surface area contributed by atoms with Gasteiger partial charge in [-0.2, -0.15) is 11.8 Å². The Morgan fingerprint density at radius 2 is 1.93 bits per heavy atom. The normalized spacial score (nSPS) is 23.0. The van der Waals surface area contributed by atoms with Gasteiger partial charge in [-0.1, -0.05) is 13.8 Å². The quantitative estimate of drug-likeness (QED) is 0.785. The van der Waals surface area contributed by atoms with Crippen LogP contribution in [0.1, 0.15) is 33.6 Å². The van der Waals surface area contributed by atoms with Gasteiger partial charge in [0.2, 0.25) is 0 Å². The van der Waals surface area contributed by atoms with Crippen molar-refractivity contribution < 1.29 is 0 Å². The van der Waals surface area contributed by atoms with Gasteiger partial charge in [0.1, 0.15) is 0 Å². The molecule has 0 spiro atoms. The van der Waals surface area contributed by atoms with Crippen LogP contribution < -0.4 is 5.73 Å². The number of nitrogens with zero attached hydrogens (tertiary/aromatic N) is 1. The van der Waals surface area contributed by atoms with Crippen molar-refractivity contribution in [3.05, 3.63) is 0 Å². The molecule has 90 valence electrons. The summed E-state index contributed by atoms with van der Waals surface area (Å²) in [4.78, 5) is 2.60. The molecule has 2 nitrogen and oxygen atoms in total. The molecular weight excluding hydrogens is 204 g/mol. The molecule has 0 aromatic heterocycles. The summed E-state index contributed by atoms with van der Waals surface area (Å²) in [5.41, 5.74) is 6.22. The van der Waals surface area contributed by atoms with Crippen LogP contribution in [0.3, 0.4) is 0 Å². The molecule has 1 aliphatic rings. The Bertz CT molecular complexity index is 178. The predicted octanol–water partition coefficient (Wildman–Crippen LogP) is 2.19. The summed E-state index contributed by atoms with van der Waals surface area (Å²) in [5, 5.41) is 0. The molecule has 0 aliphatic carbocycles. The van der Waals surface area contributed by atoms with Crippen LogP contribution in [0, 0.1) is 5.92 Å². The minimum Gasteiger partial charge on any atom is -0.329 e. The van der Waals surface area contributed by atoms with Crippen molar-refractivity contribution in [1.29, 1.82) is 0 Å². The fourth-order valence-electron chi connectivity index (χ4n) is 2.09. The first-order valence-corrected chi connectivity index (χ1v) is 7.27. The Labute approximate surface area is 99.0 Å².